The van der Waals surface area contributed by atoms with Crippen molar-refractivity contribution in [2.45, 2.75) is 13.2 Å². The van der Waals surface area contributed by atoms with E-state index in [9.17, 15) is 0 Å². The zero-order valence-electron chi connectivity index (χ0n) is 13.6. The molecule has 5 aromatic rings. The minimum absolute atomic E-state index is 0.900. The summed E-state index contributed by atoms with van der Waals surface area (Å²) in [7, 11) is 0. The first-order valence-corrected chi connectivity index (χ1v) is 8.70. The molecule has 4 nitrogen and oxygen atoms in total. The molecule has 6 heterocycles. The molecule has 0 N–H and O–H groups in total. The van der Waals surface area contributed by atoms with Crippen molar-refractivity contribution in [1.82, 2.24) is 4.40 Å². The second-order valence-electron chi connectivity index (χ2n) is 7.05. The van der Waals surface area contributed by atoms with Gasteiger partial charge in [0.15, 0.2) is 23.5 Å². The van der Waals surface area contributed by atoms with Gasteiger partial charge in [0.1, 0.15) is 12.7 Å². The Morgan fingerprint density at radius 1 is 0.800 bits per heavy atom. The van der Waals surface area contributed by atoms with Crippen LogP contribution in [0.2, 0.25) is 0 Å². The van der Waals surface area contributed by atoms with Crippen LogP contribution in [0.1, 0.15) is 5.56 Å². The highest BCUT2D eigenvalue weighted by Crippen LogP contribution is 2.34. The van der Waals surface area contributed by atoms with E-state index >= 15 is 0 Å². The monoisotopic (exact) mass is 323 g/mol. The molecule has 0 spiro atoms. The Hall–Kier alpha value is -3.27. The molecule has 0 atom stereocenters. The van der Waals surface area contributed by atoms with Crippen LogP contribution in [0.5, 0.6) is 0 Å². The summed E-state index contributed by atoms with van der Waals surface area (Å²) >= 11 is 0. The van der Waals surface area contributed by atoms with Crippen LogP contribution in [0.25, 0.3) is 38.8 Å². The maximum absolute atomic E-state index is 2.45. The van der Waals surface area contributed by atoms with Gasteiger partial charge in [-0.2, -0.15) is 4.40 Å². The molecule has 0 aliphatic carbocycles. The first-order chi connectivity index (χ1) is 12.4. The number of pyridine rings is 3. The summed E-state index contributed by atoms with van der Waals surface area (Å²) in [6.45, 7) is 1.86. The fourth-order valence-electron chi connectivity index (χ4n) is 4.77. The number of fused-ring (bicyclic) bond motifs is 1. The minimum Gasteiger partial charge on any atom is -0.224 e. The number of aromatic nitrogens is 4. The minimum atomic E-state index is 0.900. The first kappa shape index (κ1) is 12.1. The molecule has 2 aliphatic rings. The summed E-state index contributed by atoms with van der Waals surface area (Å²) in [6.07, 6.45) is 6.75. The normalized spacial score (nSPS) is 14.1. The highest BCUT2D eigenvalue weighted by atomic mass is 15.2. The van der Waals surface area contributed by atoms with E-state index in [-0.39, 0.29) is 0 Å². The van der Waals surface area contributed by atoms with Crippen molar-refractivity contribution in [2.24, 2.45) is 0 Å². The summed E-state index contributed by atoms with van der Waals surface area (Å²) in [5, 5.41) is 1.41. The topological polar surface area (TPSA) is 16.1 Å². The molecule has 1 aromatic carbocycles. The largest absolute Gasteiger partial charge is 0.345 e. The van der Waals surface area contributed by atoms with Crippen LogP contribution in [0, 0.1) is 0 Å². The van der Waals surface area contributed by atoms with Crippen LogP contribution in [0.4, 0.5) is 0 Å². The molecule has 0 saturated carbocycles. The molecular weight excluding hydrogens is 308 g/mol. The van der Waals surface area contributed by atoms with Gasteiger partial charge in [-0.05, 0) is 6.07 Å². The number of benzene rings is 1. The molecule has 116 valence electrons. The molecule has 0 amide bonds. The Balaban J connectivity index is 1.83. The lowest BCUT2D eigenvalue weighted by molar-refractivity contribution is -0.872. The van der Waals surface area contributed by atoms with E-state index in [0.29, 0.717) is 0 Å². The number of rotatable bonds is 1. The molecule has 2 aliphatic heterocycles. The van der Waals surface area contributed by atoms with Gasteiger partial charge in [-0.25, -0.2) is 4.57 Å². The maximum atomic E-state index is 2.45. The quantitative estimate of drug-likeness (QED) is 0.324. The summed E-state index contributed by atoms with van der Waals surface area (Å²) in [5.74, 6) is 0. The van der Waals surface area contributed by atoms with E-state index in [2.05, 4.69) is 85.2 Å². The van der Waals surface area contributed by atoms with Crippen LogP contribution in [0.15, 0.2) is 67.1 Å². The molecule has 0 saturated heterocycles. The third-order valence-electron chi connectivity index (χ3n) is 5.76. The summed E-state index contributed by atoms with van der Waals surface area (Å²) < 4.78 is 9.61. The number of imidazole rings is 1. The van der Waals surface area contributed by atoms with Crippen molar-refractivity contribution < 1.29 is 13.7 Å². The van der Waals surface area contributed by atoms with E-state index in [4.69, 9.17) is 0 Å². The molecule has 0 fully saturated rings. The van der Waals surface area contributed by atoms with Gasteiger partial charge in [0.2, 0.25) is 5.52 Å². The van der Waals surface area contributed by atoms with Crippen LogP contribution in [-0.4, -0.2) is 4.40 Å². The lowest BCUT2D eigenvalue weighted by Crippen LogP contribution is -2.45. The molecule has 4 aromatic heterocycles. The molecular formula is C21H15N4+3. The zero-order valence-corrected chi connectivity index (χ0v) is 13.6. The fraction of sp³-hybridized carbons (Fsp3) is 0.0952. The van der Waals surface area contributed by atoms with Gasteiger partial charge in [-0.3, -0.25) is 0 Å². The van der Waals surface area contributed by atoms with E-state index in [1.165, 1.54) is 44.4 Å². The highest BCUT2D eigenvalue weighted by Gasteiger charge is 2.42. The van der Waals surface area contributed by atoms with Crippen LogP contribution >= 0.6 is 0 Å². The maximum Gasteiger partial charge on any atom is 0.345 e. The van der Waals surface area contributed by atoms with Crippen molar-refractivity contribution in [3.63, 3.8) is 0 Å². The molecule has 0 bridgehead atoms. The zero-order chi connectivity index (χ0) is 16.1. The van der Waals surface area contributed by atoms with Crippen LogP contribution in [-0.2, 0) is 13.2 Å². The van der Waals surface area contributed by atoms with Gasteiger partial charge in [-0.15, -0.1) is 9.13 Å². The predicted molar refractivity (Wildman–Crippen MR) is 92.9 cm³/mol. The average molecular weight is 323 g/mol. The van der Waals surface area contributed by atoms with Crippen LogP contribution < -0.4 is 13.7 Å². The molecule has 4 heteroatoms. The third-order valence-corrected chi connectivity index (χ3v) is 5.76. The molecule has 7 rings (SSSR count). The van der Waals surface area contributed by atoms with Gasteiger partial charge in [0.25, 0.3) is 0 Å². The number of hydrogen-bond acceptors (Lipinski definition) is 0. The predicted octanol–water partition coefficient (Wildman–Crippen LogP) is 1.96. The molecule has 25 heavy (non-hydrogen) atoms. The first-order valence-electron chi connectivity index (χ1n) is 8.70. The average Bonchev–Trinajstić information content (AvgIpc) is 3.31. The summed E-state index contributed by atoms with van der Waals surface area (Å²) in [4.78, 5) is 0. The van der Waals surface area contributed by atoms with Crippen molar-refractivity contribution in [3.05, 3.63) is 72.7 Å². The lowest BCUT2D eigenvalue weighted by Gasteiger charge is -1.99. The van der Waals surface area contributed by atoms with E-state index < -0.39 is 0 Å². The van der Waals surface area contributed by atoms with Gasteiger partial charge in [0.05, 0.1) is 0 Å². The second kappa shape index (κ2) is 3.86. The van der Waals surface area contributed by atoms with Crippen molar-refractivity contribution in [1.29, 1.82) is 0 Å². The Labute approximate surface area is 143 Å². The Morgan fingerprint density at radius 3 is 2.60 bits per heavy atom. The Kier molecular flexibility index (Phi) is 1.87. The number of nitrogens with zero attached hydrogens (tertiary/aromatic N) is 4. The lowest BCUT2D eigenvalue weighted by atomic mass is 10.1. The van der Waals surface area contributed by atoms with Gasteiger partial charge in [-0.1, -0.05) is 30.3 Å². The van der Waals surface area contributed by atoms with Gasteiger partial charge < -0.3 is 0 Å². The Morgan fingerprint density at radius 2 is 1.68 bits per heavy atom. The smallest absolute Gasteiger partial charge is 0.224 e. The van der Waals surface area contributed by atoms with E-state index in [0.717, 1.165) is 13.2 Å². The van der Waals surface area contributed by atoms with Crippen molar-refractivity contribution in [2.75, 3.05) is 0 Å². The molecule has 0 unspecified atom stereocenters. The van der Waals surface area contributed by atoms with Crippen LogP contribution in [0.3, 0.4) is 0 Å². The van der Waals surface area contributed by atoms with Crippen molar-refractivity contribution >= 4 is 27.6 Å². The van der Waals surface area contributed by atoms with Crippen molar-refractivity contribution in [3.8, 4) is 11.3 Å². The van der Waals surface area contributed by atoms with E-state index in [1.54, 1.807) is 0 Å². The summed E-state index contributed by atoms with van der Waals surface area (Å²) in [5.41, 5.74) is 9.29. The summed E-state index contributed by atoms with van der Waals surface area (Å²) in [6, 6.07) is 17.4. The highest BCUT2D eigenvalue weighted by molar-refractivity contribution is 6.07. The number of hydrogen-bond donors (Lipinski definition) is 0. The standard InChI is InChI=1S/C21H15N4/c1-2-5-14(6-3-1)17-12-24-11-15-8-10-23-13-22-9-4-7-16-19(22)20(23)18(15)21(24)25(16)17/h1-10,12H,11,13H2/q+3. The molecule has 0 radical (unpaired) electrons. The van der Waals surface area contributed by atoms with Gasteiger partial charge >= 0.3 is 23.3 Å². The van der Waals surface area contributed by atoms with Gasteiger partial charge in [0, 0.05) is 23.3 Å². The SMILES string of the molecule is c1ccc(-c2c[n+]3c4c5c(cc[n+]6c5c5c(ccc[n+]5C6)n24)C3)cc1. The third kappa shape index (κ3) is 1.27. The fourth-order valence-corrected chi connectivity index (χ4v) is 4.77. The Bertz CT molecular complexity index is 1380. The second-order valence-corrected chi connectivity index (χ2v) is 7.05. The van der Waals surface area contributed by atoms with E-state index in [1.807, 2.05) is 0 Å².